The molecule has 3 atom stereocenters. The highest BCUT2D eigenvalue weighted by Crippen LogP contribution is 2.35. The van der Waals surface area contributed by atoms with E-state index in [1.807, 2.05) is 37.3 Å². The summed E-state index contributed by atoms with van der Waals surface area (Å²) < 4.78 is 5.76. The van der Waals surface area contributed by atoms with E-state index in [0.29, 0.717) is 6.61 Å². The zero-order chi connectivity index (χ0) is 14.4. The van der Waals surface area contributed by atoms with Crippen molar-refractivity contribution in [2.24, 2.45) is 11.8 Å². The van der Waals surface area contributed by atoms with E-state index in [1.165, 1.54) is 19.3 Å². The molecule has 0 bridgehead atoms. The van der Waals surface area contributed by atoms with Gasteiger partial charge in [0.1, 0.15) is 6.10 Å². The lowest BCUT2D eigenvalue weighted by molar-refractivity contribution is -0.136. The van der Waals surface area contributed by atoms with E-state index in [2.05, 4.69) is 6.92 Å². The van der Waals surface area contributed by atoms with Gasteiger partial charge in [-0.1, -0.05) is 56.5 Å². The Labute approximate surface area is 122 Å². The van der Waals surface area contributed by atoms with Gasteiger partial charge < -0.3 is 4.74 Å². The SMILES string of the molecule is CCOC(C(=O)C1CCCC(CC)C1)c1ccccc1. The second-order valence-electron chi connectivity index (χ2n) is 5.79. The fourth-order valence-corrected chi connectivity index (χ4v) is 3.27. The monoisotopic (exact) mass is 274 g/mol. The molecule has 0 heterocycles. The van der Waals surface area contributed by atoms with Gasteiger partial charge in [0.2, 0.25) is 0 Å². The highest BCUT2D eigenvalue weighted by Gasteiger charge is 2.32. The minimum absolute atomic E-state index is 0.186. The largest absolute Gasteiger partial charge is 0.366 e. The molecule has 0 spiro atoms. The molecule has 1 aromatic rings. The Morgan fingerprint density at radius 3 is 2.65 bits per heavy atom. The van der Waals surface area contributed by atoms with Crippen LogP contribution in [0.4, 0.5) is 0 Å². The summed E-state index contributed by atoms with van der Waals surface area (Å²) in [7, 11) is 0. The summed E-state index contributed by atoms with van der Waals surface area (Å²) in [5, 5.41) is 0. The topological polar surface area (TPSA) is 26.3 Å². The summed E-state index contributed by atoms with van der Waals surface area (Å²) in [5.74, 6) is 1.19. The third kappa shape index (κ3) is 3.69. The van der Waals surface area contributed by atoms with Gasteiger partial charge in [0.15, 0.2) is 5.78 Å². The molecule has 110 valence electrons. The molecule has 2 heteroatoms. The van der Waals surface area contributed by atoms with E-state index < -0.39 is 0 Å². The smallest absolute Gasteiger partial charge is 0.169 e. The fourth-order valence-electron chi connectivity index (χ4n) is 3.27. The van der Waals surface area contributed by atoms with Crippen LogP contribution >= 0.6 is 0 Å². The number of hydrogen-bond donors (Lipinski definition) is 0. The van der Waals surface area contributed by atoms with Crippen LogP contribution in [0.25, 0.3) is 0 Å². The van der Waals surface area contributed by atoms with Gasteiger partial charge in [0.25, 0.3) is 0 Å². The first-order chi connectivity index (χ1) is 9.76. The van der Waals surface area contributed by atoms with Crippen LogP contribution < -0.4 is 0 Å². The Morgan fingerprint density at radius 1 is 1.25 bits per heavy atom. The van der Waals surface area contributed by atoms with Crippen LogP contribution in [0.2, 0.25) is 0 Å². The molecule has 0 saturated heterocycles. The van der Waals surface area contributed by atoms with E-state index in [9.17, 15) is 4.79 Å². The van der Waals surface area contributed by atoms with E-state index >= 15 is 0 Å². The van der Waals surface area contributed by atoms with Gasteiger partial charge in [0.05, 0.1) is 0 Å². The molecule has 0 amide bonds. The number of ether oxygens (including phenoxy) is 1. The van der Waals surface area contributed by atoms with Crippen molar-refractivity contribution in [3.63, 3.8) is 0 Å². The minimum atomic E-state index is -0.373. The van der Waals surface area contributed by atoms with Crippen LogP contribution in [0.15, 0.2) is 30.3 Å². The lowest BCUT2D eigenvalue weighted by atomic mass is 9.76. The van der Waals surface area contributed by atoms with Crippen molar-refractivity contribution < 1.29 is 9.53 Å². The van der Waals surface area contributed by atoms with Gasteiger partial charge in [-0.15, -0.1) is 0 Å². The number of carbonyl (C=O) groups excluding carboxylic acids is 1. The molecule has 0 radical (unpaired) electrons. The van der Waals surface area contributed by atoms with Crippen LogP contribution in [-0.2, 0) is 9.53 Å². The maximum Gasteiger partial charge on any atom is 0.169 e. The lowest BCUT2D eigenvalue weighted by Crippen LogP contribution is -2.28. The summed E-state index contributed by atoms with van der Waals surface area (Å²) in [6.07, 6.45) is 5.36. The molecule has 1 aliphatic rings. The molecule has 2 rings (SSSR count). The standard InChI is InChI=1S/C18H26O2/c1-3-14-9-8-12-16(13-14)17(19)18(20-4-2)15-10-6-5-7-11-15/h5-7,10-11,14,16,18H,3-4,8-9,12-13H2,1-2H3. The maximum absolute atomic E-state index is 12.8. The Bertz CT molecular complexity index is 413. The van der Waals surface area contributed by atoms with Crippen molar-refractivity contribution in [3.8, 4) is 0 Å². The third-order valence-corrected chi connectivity index (χ3v) is 4.46. The number of hydrogen-bond acceptors (Lipinski definition) is 2. The number of carbonyl (C=O) groups is 1. The molecule has 0 aliphatic heterocycles. The molecule has 1 aromatic carbocycles. The van der Waals surface area contributed by atoms with Crippen molar-refractivity contribution >= 4 is 5.78 Å². The number of Topliss-reactive ketones (excluding diaryl/α,β-unsaturated/α-hetero) is 1. The molecule has 0 N–H and O–H groups in total. The highest BCUT2D eigenvalue weighted by molar-refractivity contribution is 5.86. The summed E-state index contributed by atoms with van der Waals surface area (Å²) in [5.41, 5.74) is 0.998. The first-order valence-corrected chi connectivity index (χ1v) is 7.96. The van der Waals surface area contributed by atoms with E-state index in [0.717, 1.165) is 24.3 Å². The zero-order valence-electron chi connectivity index (χ0n) is 12.7. The van der Waals surface area contributed by atoms with Crippen molar-refractivity contribution in [1.29, 1.82) is 0 Å². The number of rotatable bonds is 6. The van der Waals surface area contributed by atoms with Gasteiger partial charge in [-0.3, -0.25) is 4.79 Å². The zero-order valence-corrected chi connectivity index (χ0v) is 12.7. The van der Waals surface area contributed by atoms with Crippen LogP contribution in [0, 0.1) is 11.8 Å². The minimum Gasteiger partial charge on any atom is -0.366 e. The Kier molecular flexibility index (Phi) is 5.78. The lowest BCUT2D eigenvalue weighted by Gasteiger charge is -2.30. The predicted molar refractivity (Wildman–Crippen MR) is 81.6 cm³/mol. The summed E-state index contributed by atoms with van der Waals surface area (Å²) in [6.45, 7) is 4.77. The molecule has 0 aromatic heterocycles. The van der Waals surface area contributed by atoms with Gasteiger partial charge >= 0.3 is 0 Å². The second-order valence-corrected chi connectivity index (χ2v) is 5.79. The van der Waals surface area contributed by atoms with Crippen LogP contribution in [-0.4, -0.2) is 12.4 Å². The average molecular weight is 274 g/mol. The van der Waals surface area contributed by atoms with E-state index in [-0.39, 0.29) is 17.8 Å². The van der Waals surface area contributed by atoms with Crippen molar-refractivity contribution in [3.05, 3.63) is 35.9 Å². The molecule has 1 saturated carbocycles. The highest BCUT2D eigenvalue weighted by atomic mass is 16.5. The molecular weight excluding hydrogens is 248 g/mol. The van der Waals surface area contributed by atoms with E-state index in [4.69, 9.17) is 4.74 Å². The number of benzene rings is 1. The van der Waals surface area contributed by atoms with Crippen molar-refractivity contribution in [1.82, 2.24) is 0 Å². The van der Waals surface area contributed by atoms with Gasteiger partial charge in [-0.05, 0) is 31.2 Å². The van der Waals surface area contributed by atoms with Gasteiger partial charge in [-0.2, -0.15) is 0 Å². The first kappa shape index (κ1) is 15.2. The third-order valence-electron chi connectivity index (χ3n) is 4.46. The van der Waals surface area contributed by atoms with Crippen molar-refractivity contribution in [2.75, 3.05) is 6.61 Å². The van der Waals surface area contributed by atoms with Crippen LogP contribution in [0.5, 0.6) is 0 Å². The Hall–Kier alpha value is -1.15. The van der Waals surface area contributed by atoms with Gasteiger partial charge in [0, 0.05) is 12.5 Å². The molecule has 2 nitrogen and oxygen atoms in total. The van der Waals surface area contributed by atoms with Crippen LogP contribution in [0.1, 0.15) is 57.6 Å². The van der Waals surface area contributed by atoms with E-state index in [1.54, 1.807) is 0 Å². The molecular formula is C18H26O2. The van der Waals surface area contributed by atoms with Gasteiger partial charge in [-0.25, -0.2) is 0 Å². The molecule has 1 fully saturated rings. The average Bonchev–Trinajstić information content (AvgIpc) is 2.53. The predicted octanol–water partition coefficient (Wildman–Crippen LogP) is 4.55. The normalized spacial score (nSPS) is 24.3. The molecule has 20 heavy (non-hydrogen) atoms. The maximum atomic E-state index is 12.8. The Balaban J connectivity index is 2.10. The summed E-state index contributed by atoms with van der Waals surface area (Å²) in [6, 6.07) is 9.93. The first-order valence-electron chi connectivity index (χ1n) is 7.96. The van der Waals surface area contributed by atoms with Crippen molar-refractivity contribution in [2.45, 2.75) is 52.1 Å². The quantitative estimate of drug-likeness (QED) is 0.760. The second kappa shape index (κ2) is 7.58. The Morgan fingerprint density at radius 2 is 2.00 bits per heavy atom. The summed E-state index contributed by atoms with van der Waals surface area (Å²) >= 11 is 0. The molecule has 3 unspecified atom stereocenters. The summed E-state index contributed by atoms with van der Waals surface area (Å²) in [4.78, 5) is 12.8. The number of ketones is 1. The molecule has 1 aliphatic carbocycles. The fraction of sp³-hybridized carbons (Fsp3) is 0.611. The van der Waals surface area contributed by atoms with Crippen LogP contribution in [0.3, 0.4) is 0 Å².